The molecule has 214 valence electrons. The van der Waals surface area contributed by atoms with Gasteiger partial charge in [-0.1, -0.05) is 32.0 Å². The Hall–Kier alpha value is -4.34. The Morgan fingerprint density at radius 2 is 1.85 bits per heavy atom. The van der Waals surface area contributed by atoms with E-state index in [1.807, 2.05) is 36.4 Å². The zero-order valence-electron chi connectivity index (χ0n) is 23.6. The number of benzene rings is 2. The van der Waals surface area contributed by atoms with Crippen LogP contribution in [-0.4, -0.2) is 47.2 Å². The van der Waals surface area contributed by atoms with Crippen molar-refractivity contribution >= 4 is 28.4 Å². The molecule has 0 fully saturated rings. The quantitative estimate of drug-likeness (QED) is 0.306. The maximum Gasteiger partial charge on any atom is 0.264 e. The van der Waals surface area contributed by atoms with Gasteiger partial charge < -0.3 is 15.5 Å². The third-order valence-corrected chi connectivity index (χ3v) is 7.64. The summed E-state index contributed by atoms with van der Waals surface area (Å²) in [6.45, 7) is 4.77. The molecule has 2 N–H and O–H groups in total. The first kappa shape index (κ1) is 28.2. The number of fused-ring (bicyclic) bond motifs is 2. The van der Waals surface area contributed by atoms with Gasteiger partial charge in [0.25, 0.3) is 12.3 Å². The van der Waals surface area contributed by atoms with Gasteiger partial charge in [-0.15, -0.1) is 0 Å². The second-order valence-electron chi connectivity index (χ2n) is 10.6. The highest BCUT2D eigenvalue weighted by Gasteiger charge is 2.33. The first-order chi connectivity index (χ1) is 19.7. The number of halogens is 2. The van der Waals surface area contributed by atoms with Gasteiger partial charge in [-0.3, -0.25) is 14.3 Å². The van der Waals surface area contributed by atoms with Crippen molar-refractivity contribution in [2.75, 3.05) is 25.5 Å². The summed E-state index contributed by atoms with van der Waals surface area (Å²) in [4.78, 5) is 32.0. The molecule has 1 aliphatic heterocycles. The molecule has 0 spiro atoms. The molecule has 3 heterocycles. The van der Waals surface area contributed by atoms with E-state index in [0.29, 0.717) is 28.9 Å². The number of hydrogen-bond donors (Lipinski definition) is 2. The van der Waals surface area contributed by atoms with Crippen molar-refractivity contribution in [2.45, 2.75) is 45.7 Å². The first-order valence-corrected chi connectivity index (χ1v) is 13.8. The lowest BCUT2D eigenvalue weighted by molar-refractivity contribution is -0.121. The molecule has 1 unspecified atom stereocenters. The van der Waals surface area contributed by atoms with Crippen molar-refractivity contribution in [2.24, 2.45) is 5.92 Å². The Bertz CT molecular complexity index is 1600. The molecule has 1 aliphatic rings. The van der Waals surface area contributed by atoms with Crippen molar-refractivity contribution in [1.29, 1.82) is 0 Å². The average molecular weight is 561 g/mol. The highest BCUT2D eigenvalue weighted by molar-refractivity contribution is 5.99. The molecule has 2 amide bonds. The number of nitrogens with zero attached hydrogens (tertiary/aromatic N) is 4. The number of anilines is 1. The minimum Gasteiger partial charge on any atom is -0.362 e. The van der Waals surface area contributed by atoms with Crippen LogP contribution in [0.5, 0.6) is 0 Å². The number of nitrogens with one attached hydrogen (secondary N) is 2. The molecule has 0 bridgehead atoms. The van der Waals surface area contributed by atoms with E-state index in [1.165, 1.54) is 17.9 Å². The Labute approximate surface area is 237 Å². The number of carbonyl (C=O) groups is 2. The molecule has 2 aromatic heterocycles. The summed E-state index contributed by atoms with van der Waals surface area (Å²) in [6, 6.07) is 12.6. The van der Waals surface area contributed by atoms with Crippen LogP contribution in [0.1, 0.15) is 59.9 Å². The van der Waals surface area contributed by atoms with E-state index >= 15 is 0 Å². The molecule has 8 nitrogen and oxygen atoms in total. The third-order valence-electron chi connectivity index (χ3n) is 7.64. The number of alkyl halides is 2. The van der Waals surface area contributed by atoms with E-state index < -0.39 is 6.43 Å². The van der Waals surface area contributed by atoms with Crippen molar-refractivity contribution < 1.29 is 18.4 Å². The fraction of sp³-hybridized carbons (Fsp3) is 0.355. The molecule has 5 rings (SSSR count). The van der Waals surface area contributed by atoms with Gasteiger partial charge in [0.1, 0.15) is 6.54 Å². The lowest BCUT2D eigenvalue weighted by Gasteiger charge is -2.41. The SMILES string of the molecule is CNC(=O)Cn1cc(-c2cc3c(cc2C(F)F)N(C(c2nc4ccccc4cc2C(=O)NC)C(C)C)CCC3)cn1. The number of aryl methyl sites for hydroxylation is 1. The molecule has 10 heteroatoms. The topological polar surface area (TPSA) is 92.2 Å². The largest absolute Gasteiger partial charge is 0.362 e. The predicted molar refractivity (Wildman–Crippen MR) is 155 cm³/mol. The first-order valence-electron chi connectivity index (χ1n) is 13.8. The molecule has 0 radical (unpaired) electrons. The Morgan fingerprint density at radius 3 is 2.56 bits per heavy atom. The van der Waals surface area contributed by atoms with E-state index in [9.17, 15) is 18.4 Å². The van der Waals surface area contributed by atoms with Gasteiger partial charge in [0.15, 0.2) is 0 Å². The molecule has 1 atom stereocenters. The van der Waals surface area contributed by atoms with Crippen LogP contribution in [0.2, 0.25) is 0 Å². The van der Waals surface area contributed by atoms with Crippen LogP contribution in [0.25, 0.3) is 22.0 Å². The summed E-state index contributed by atoms with van der Waals surface area (Å²) in [6.07, 6.45) is 1.96. The number of rotatable bonds is 8. The number of hydrogen-bond acceptors (Lipinski definition) is 5. The molecule has 0 saturated carbocycles. The summed E-state index contributed by atoms with van der Waals surface area (Å²) in [5.41, 5.74) is 4.39. The maximum absolute atomic E-state index is 14.6. The molecule has 0 saturated heterocycles. The van der Waals surface area contributed by atoms with Crippen molar-refractivity contribution in [3.8, 4) is 11.1 Å². The summed E-state index contributed by atoms with van der Waals surface area (Å²) in [5, 5.41) is 10.4. The van der Waals surface area contributed by atoms with Crippen LogP contribution in [0.3, 0.4) is 0 Å². The molecular weight excluding hydrogens is 526 g/mol. The average Bonchev–Trinajstić information content (AvgIpc) is 3.43. The predicted octanol–water partition coefficient (Wildman–Crippen LogP) is 5.29. The van der Waals surface area contributed by atoms with Crippen LogP contribution >= 0.6 is 0 Å². The third kappa shape index (κ3) is 5.51. The van der Waals surface area contributed by atoms with E-state index in [4.69, 9.17) is 4.98 Å². The smallest absolute Gasteiger partial charge is 0.264 e. The van der Waals surface area contributed by atoms with E-state index in [1.54, 1.807) is 19.3 Å². The fourth-order valence-electron chi connectivity index (χ4n) is 5.71. The Morgan fingerprint density at radius 1 is 1.07 bits per heavy atom. The van der Waals surface area contributed by atoms with Crippen molar-refractivity contribution in [3.63, 3.8) is 0 Å². The second-order valence-corrected chi connectivity index (χ2v) is 10.6. The summed E-state index contributed by atoms with van der Waals surface area (Å²) < 4.78 is 30.6. The van der Waals surface area contributed by atoms with Gasteiger partial charge in [0.05, 0.1) is 29.0 Å². The second kappa shape index (κ2) is 11.6. The minimum absolute atomic E-state index is 0.00171. The molecular formula is C31H34F2N6O2. The zero-order valence-corrected chi connectivity index (χ0v) is 23.6. The zero-order chi connectivity index (χ0) is 29.3. The van der Waals surface area contributed by atoms with Crippen LogP contribution in [0, 0.1) is 5.92 Å². The van der Waals surface area contributed by atoms with Crippen molar-refractivity contribution in [1.82, 2.24) is 25.4 Å². The van der Waals surface area contributed by atoms with Crippen molar-refractivity contribution in [3.05, 3.63) is 77.2 Å². The van der Waals surface area contributed by atoms with Gasteiger partial charge in [-0.2, -0.15) is 5.10 Å². The Kier molecular flexibility index (Phi) is 8.01. The minimum atomic E-state index is -2.72. The maximum atomic E-state index is 14.6. The summed E-state index contributed by atoms with van der Waals surface area (Å²) in [5.74, 6) is -0.442. The molecule has 41 heavy (non-hydrogen) atoms. The number of amides is 2. The van der Waals surface area contributed by atoms with Gasteiger partial charge in [0, 0.05) is 49.0 Å². The van der Waals surface area contributed by atoms with Crippen LogP contribution in [0.15, 0.2) is 54.9 Å². The van der Waals surface area contributed by atoms with Crippen LogP contribution in [-0.2, 0) is 17.8 Å². The van der Waals surface area contributed by atoms with Gasteiger partial charge in [0.2, 0.25) is 5.91 Å². The highest BCUT2D eigenvalue weighted by atomic mass is 19.3. The lowest BCUT2D eigenvalue weighted by Crippen LogP contribution is -2.38. The Balaban J connectivity index is 1.63. The van der Waals surface area contributed by atoms with Crippen LogP contribution < -0.4 is 15.5 Å². The normalized spacial score (nSPS) is 13.9. The summed E-state index contributed by atoms with van der Waals surface area (Å²) in [7, 11) is 3.13. The van der Waals surface area contributed by atoms with E-state index in [2.05, 4.69) is 34.5 Å². The van der Waals surface area contributed by atoms with Gasteiger partial charge in [-0.25, -0.2) is 13.8 Å². The van der Waals surface area contributed by atoms with Crippen LogP contribution in [0.4, 0.5) is 14.5 Å². The monoisotopic (exact) mass is 560 g/mol. The molecule has 2 aromatic carbocycles. The van der Waals surface area contributed by atoms with E-state index in [-0.39, 0.29) is 35.9 Å². The molecule has 0 aliphatic carbocycles. The van der Waals surface area contributed by atoms with Gasteiger partial charge >= 0.3 is 0 Å². The standard InChI is InChI=1S/C31H34F2N6O2/c1-18(2)29(28-24(31(41)35-4)12-19-8-5-6-10-25(19)37-28)39-11-7-9-20-13-22(23(30(32)33)14-26(20)39)21-15-36-38(16-21)17-27(40)34-3/h5-6,8,10,12-16,18,29-30H,7,9,11,17H2,1-4H3,(H,34,40)(H,35,41). The number of para-hydroxylation sites is 1. The number of aromatic nitrogens is 3. The van der Waals surface area contributed by atoms with E-state index in [0.717, 1.165) is 35.0 Å². The fourth-order valence-corrected chi connectivity index (χ4v) is 5.71. The number of pyridine rings is 1. The summed E-state index contributed by atoms with van der Waals surface area (Å²) >= 11 is 0. The number of likely N-dealkylation sites (N-methyl/N-ethyl adjacent to an activating group) is 1. The van der Waals surface area contributed by atoms with Gasteiger partial charge in [-0.05, 0) is 54.2 Å². The highest BCUT2D eigenvalue weighted by Crippen LogP contribution is 2.43. The lowest BCUT2D eigenvalue weighted by atomic mass is 9.88. The number of carbonyl (C=O) groups excluding carboxylic acids is 2. The molecule has 4 aromatic rings.